The lowest BCUT2D eigenvalue weighted by atomic mass is 10.2. The summed E-state index contributed by atoms with van der Waals surface area (Å²) in [7, 11) is -2.13. The Labute approximate surface area is 114 Å². The molecule has 2 aromatic rings. The van der Waals surface area contributed by atoms with Crippen LogP contribution >= 0.6 is 8.03 Å². The molecule has 0 saturated heterocycles. The highest BCUT2D eigenvalue weighted by molar-refractivity contribution is 7.38. The van der Waals surface area contributed by atoms with Crippen molar-refractivity contribution < 1.29 is 13.8 Å². The summed E-state index contributed by atoms with van der Waals surface area (Å²) < 4.78 is 22.3. The van der Waals surface area contributed by atoms with Crippen molar-refractivity contribution in [3.05, 3.63) is 71.8 Å². The standard InChI is InChI=1S/C15H17O3P/c16-19(18-12-15-9-5-2-6-10-15)13-17-11-14-7-3-1-4-8-14/h1-10,19H,11-13H2. The van der Waals surface area contributed by atoms with Crippen LogP contribution in [0.25, 0.3) is 0 Å². The molecule has 0 radical (unpaired) electrons. The summed E-state index contributed by atoms with van der Waals surface area (Å²) in [4.78, 5) is 0. The molecule has 0 N–H and O–H groups in total. The highest BCUT2D eigenvalue weighted by Crippen LogP contribution is 2.24. The smallest absolute Gasteiger partial charge is 0.216 e. The van der Waals surface area contributed by atoms with E-state index in [4.69, 9.17) is 9.26 Å². The van der Waals surface area contributed by atoms with Crippen LogP contribution in [-0.2, 0) is 27.0 Å². The second-order valence-corrected chi connectivity index (χ2v) is 5.45. The van der Waals surface area contributed by atoms with Gasteiger partial charge in [0.1, 0.15) is 6.35 Å². The zero-order valence-corrected chi connectivity index (χ0v) is 11.6. The second-order valence-electron chi connectivity index (χ2n) is 4.12. The molecule has 0 aliphatic carbocycles. The van der Waals surface area contributed by atoms with Gasteiger partial charge in [0.2, 0.25) is 8.03 Å². The average molecular weight is 276 g/mol. The summed E-state index contributed by atoms with van der Waals surface area (Å²) in [5, 5.41) is 0. The van der Waals surface area contributed by atoms with Gasteiger partial charge < -0.3 is 9.26 Å². The van der Waals surface area contributed by atoms with Crippen LogP contribution in [0.5, 0.6) is 0 Å². The van der Waals surface area contributed by atoms with Crippen molar-refractivity contribution in [1.29, 1.82) is 0 Å². The van der Waals surface area contributed by atoms with Gasteiger partial charge in [-0.25, -0.2) is 0 Å². The molecule has 0 aliphatic heterocycles. The normalized spacial score (nSPS) is 12.2. The van der Waals surface area contributed by atoms with Crippen molar-refractivity contribution in [3.63, 3.8) is 0 Å². The molecular formula is C15H17O3P. The lowest BCUT2D eigenvalue weighted by Gasteiger charge is -2.06. The third-order valence-corrected chi connectivity index (χ3v) is 3.48. The highest BCUT2D eigenvalue weighted by Gasteiger charge is 2.01. The summed E-state index contributed by atoms with van der Waals surface area (Å²) in [5.74, 6) is 0. The predicted octanol–water partition coefficient (Wildman–Crippen LogP) is 3.85. The van der Waals surface area contributed by atoms with Gasteiger partial charge in [0.05, 0.1) is 13.2 Å². The summed E-state index contributed by atoms with van der Waals surface area (Å²) in [6.45, 7) is 0.833. The monoisotopic (exact) mass is 276 g/mol. The average Bonchev–Trinajstić information content (AvgIpc) is 2.47. The Morgan fingerprint density at radius 3 is 1.89 bits per heavy atom. The maximum Gasteiger partial charge on any atom is 0.216 e. The SMILES string of the molecule is O=[PH](COCc1ccccc1)OCc1ccccc1. The Morgan fingerprint density at radius 1 is 0.789 bits per heavy atom. The Kier molecular flexibility index (Phi) is 5.83. The number of rotatable bonds is 7. The Hall–Kier alpha value is -1.41. The van der Waals surface area contributed by atoms with E-state index < -0.39 is 8.03 Å². The molecule has 0 amide bonds. The van der Waals surface area contributed by atoms with E-state index in [2.05, 4.69) is 0 Å². The van der Waals surface area contributed by atoms with Crippen molar-refractivity contribution in [2.75, 3.05) is 6.35 Å². The van der Waals surface area contributed by atoms with Gasteiger partial charge in [-0.3, -0.25) is 4.57 Å². The van der Waals surface area contributed by atoms with E-state index in [0.717, 1.165) is 11.1 Å². The van der Waals surface area contributed by atoms with Crippen molar-refractivity contribution in [2.45, 2.75) is 13.2 Å². The number of ether oxygens (including phenoxy) is 1. The molecule has 0 aliphatic rings. The van der Waals surface area contributed by atoms with E-state index in [0.29, 0.717) is 13.2 Å². The van der Waals surface area contributed by atoms with E-state index in [9.17, 15) is 4.57 Å². The van der Waals surface area contributed by atoms with Crippen molar-refractivity contribution in [3.8, 4) is 0 Å². The fourth-order valence-corrected chi connectivity index (χ4v) is 2.29. The van der Waals surface area contributed by atoms with Crippen LogP contribution in [0.4, 0.5) is 0 Å². The molecule has 1 unspecified atom stereocenters. The number of benzene rings is 2. The second kappa shape index (κ2) is 7.90. The zero-order chi connectivity index (χ0) is 13.3. The largest absolute Gasteiger partial charge is 0.367 e. The fourth-order valence-electron chi connectivity index (χ4n) is 1.61. The van der Waals surface area contributed by atoms with Gasteiger partial charge in [-0.1, -0.05) is 60.7 Å². The van der Waals surface area contributed by atoms with E-state index in [1.54, 1.807) is 0 Å². The number of hydrogen-bond acceptors (Lipinski definition) is 3. The summed E-state index contributed by atoms with van der Waals surface area (Å²) in [5.41, 5.74) is 2.09. The first kappa shape index (κ1) is 14.0. The third-order valence-electron chi connectivity index (χ3n) is 2.57. The minimum absolute atomic E-state index is 0.159. The van der Waals surface area contributed by atoms with Gasteiger partial charge in [-0.15, -0.1) is 0 Å². The molecule has 1 atom stereocenters. The summed E-state index contributed by atoms with van der Waals surface area (Å²) in [6, 6.07) is 19.5. The molecule has 0 fully saturated rings. The fraction of sp³-hybridized carbons (Fsp3) is 0.200. The summed E-state index contributed by atoms with van der Waals surface area (Å²) in [6.07, 6.45) is 0.159. The van der Waals surface area contributed by atoms with Crippen LogP contribution < -0.4 is 0 Å². The minimum atomic E-state index is -2.13. The number of hydrogen-bond donors (Lipinski definition) is 0. The molecule has 3 nitrogen and oxygen atoms in total. The van der Waals surface area contributed by atoms with Crippen molar-refractivity contribution in [1.82, 2.24) is 0 Å². The molecule has 0 spiro atoms. The van der Waals surface area contributed by atoms with Gasteiger partial charge >= 0.3 is 0 Å². The maximum atomic E-state index is 11.6. The van der Waals surface area contributed by atoms with Crippen LogP contribution in [-0.4, -0.2) is 6.35 Å². The molecular weight excluding hydrogens is 259 g/mol. The lowest BCUT2D eigenvalue weighted by molar-refractivity contribution is 0.152. The third kappa shape index (κ3) is 5.39. The molecule has 2 aromatic carbocycles. The van der Waals surface area contributed by atoms with E-state index in [1.165, 1.54) is 0 Å². The molecule has 0 saturated carbocycles. The van der Waals surface area contributed by atoms with Crippen LogP contribution in [0, 0.1) is 0 Å². The highest BCUT2D eigenvalue weighted by atomic mass is 31.1. The predicted molar refractivity (Wildman–Crippen MR) is 76.3 cm³/mol. The Balaban J connectivity index is 1.65. The van der Waals surface area contributed by atoms with Gasteiger partial charge in [0.25, 0.3) is 0 Å². The van der Waals surface area contributed by atoms with Gasteiger partial charge in [-0.2, -0.15) is 0 Å². The van der Waals surface area contributed by atoms with E-state index in [-0.39, 0.29) is 6.35 Å². The van der Waals surface area contributed by atoms with Crippen LogP contribution in [0.2, 0.25) is 0 Å². The first-order chi connectivity index (χ1) is 9.34. The molecule has 0 aromatic heterocycles. The topological polar surface area (TPSA) is 35.5 Å². The van der Waals surface area contributed by atoms with E-state index in [1.807, 2.05) is 60.7 Å². The first-order valence-corrected chi connectivity index (χ1v) is 7.68. The Morgan fingerprint density at radius 2 is 1.32 bits per heavy atom. The zero-order valence-electron chi connectivity index (χ0n) is 10.6. The summed E-state index contributed by atoms with van der Waals surface area (Å²) >= 11 is 0. The molecule has 2 rings (SSSR count). The van der Waals surface area contributed by atoms with Crippen LogP contribution in [0.1, 0.15) is 11.1 Å². The van der Waals surface area contributed by atoms with Crippen molar-refractivity contribution >= 4 is 8.03 Å². The lowest BCUT2D eigenvalue weighted by Crippen LogP contribution is -1.94. The quantitative estimate of drug-likeness (QED) is 0.720. The molecule has 19 heavy (non-hydrogen) atoms. The first-order valence-electron chi connectivity index (χ1n) is 6.16. The van der Waals surface area contributed by atoms with Gasteiger partial charge in [0, 0.05) is 0 Å². The molecule has 100 valence electrons. The van der Waals surface area contributed by atoms with Gasteiger partial charge in [0.15, 0.2) is 0 Å². The van der Waals surface area contributed by atoms with Gasteiger partial charge in [-0.05, 0) is 11.1 Å². The van der Waals surface area contributed by atoms with Crippen LogP contribution in [0.3, 0.4) is 0 Å². The minimum Gasteiger partial charge on any atom is -0.367 e. The molecule has 4 heteroatoms. The van der Waals surface area contributed by atoms with Crippen LogP contribution in [0.15, 0.2) is 60.7 Å². The van der Waals surface area contributed by atoms with Crippen molar-refractivity contribution in [2.24, 2.45) is 0 Å². The molecule has 0 bridgehead atoms. The maximum absolute atomic E-state index is 11.6. The Bertz CT molecular complexity index is 499. The van der Waals surface area contributed by atoms with E-state index >= 15 is 0 Å². The molecule has 0 heterocycles.